The van der Waals surface area contributed by atoms with E-state index < -0.39 is 0 Å². The summed E-state index contributed by atoms with van der Waals surface area (Å²) >= 11 is 6.34. The molecular formula is C16H13ClN4O. The van der Waals surface area contributed by atoms with Gasteiger partial charge in [0.1, 0.15) is 5.82 Å². The van der Waals surface area contributed by atoms with Gasteiger partial charge in [-0.1, -0.05) is 17.7 Å². The molecule has 22 heavy (non-hydrogen) atoms. The van der Waals surface area contributed by atoms with Gasteiger partial charge in [0.05, 0.1) is 22.8 Å². The highest BCUT2D eigenvalue weighted by Crippen LogP contribution is 2.36. The summed E-state index contributed by atoms with van der Waals surface area (Å²) in [6, 6.07) is 7.82. The lowest BCUT2D eigenvalue weighted by molar-refractivity contribution is -0.115. The molecule has 0 saturated carbocycles. The van der Waals surface area contributed by atoms with E-state index in [0.29, 0.717) is 11.4 Å². The number of hydrogen-bond acceptors (Lipinski definition) is 3. The average molecular weight is 313 g/mol. The van der Waals surface area contributed by atoms with Crippen molar-refractivity contribution in [2.45, 2.75) is 20.3 Å². The molecule has 1 aromatic carbocycles. The molecule has 3 aromatic rings. The van der Waals surface area contributed by atoms with Gasteiger partial charge in [-0.15, -0.1) is 0 Å². The number of aryl methyl sites for hydroxylation is 2. The van der Waals surface area contributed by atoms with Crippen molar-refractivity contribution >= 4 is 28.8 Å². The maximum atomic E-state index is 11.6. The molecule has 4 rings (SSSR count). The van der Waals surface area contributed by atoms with Crippen LogP contribution in [0.4, 0.5) is 5.69 Å². The molecular weight excluding hydrogens is 300 g/mol. The molecule has 0 unspecified atom stereocenters. The third-order valence-electron chi connectivity index (χ3n) is 3.87. The van der Waals surface area contributed by atoms with Crippen LogP contribution in [-0.2, 0) is 11.2 Å². The first kappa shape index (κ1) is 13.3. The minimum Gasteiger partial charge on any atom is -0.324 e. The highest BCUT2D eigenvalue weighted by atomic mass is 35.5. The monoisotopic (exact) mass is 312 g/mol. The van der Waals surface area contributed by atoms with Crippen molar-refractivity contribution in [3.8, 4) is 11.3 Å². The highest BCUT2D eigenvalue weighted by molar-refractivity contribution is 6.34. The number of amides is 1. The van der Waals surface area contributed by atoms with E-state index in [-0.39, 0.29) is 5.91 Å². The summed E-state index contributed by atoms with van der Waals surface area (Å²) in [5.41, 5.74) is 5.39. The van der Waals surface area contributed by atoms with E-state index in [0.717, 1.165) is 39.5 Å². The Morgan fingerprint density at radius 1 is 1.27 bits per heavy atom. The van der Waals surface area contributed by atoms with Gasteiger partial charge in [-0.3, -0.25) is 4.79 Å². The fraction of sp³-hybridized carbons (Fsp3) is 0.188. The molecule has 5 nitrogen and oxygen atoms in total. The summed E-state index contributed by atoms with van der Waals surface area (Å²) < 4.78 is 1.83. The quantitative estimate of drug-likeness (QED) is 0.751. The molecule has 0 atom stereocenters. The lowest BCUT2D eigenvalue weighted by atomic mass is 10.0. The van der Waals surface area contributed by atoms with Crippen LogP contribution in [0.3, 0.4) is 0 Å². The number of nitrogens with one attached hydrogen (secondary N) is 1. The zero-order valence-corrected chi connectivity index (χ0v) is 12.9. The largest absolute Gasteiger partial charge is 0.324 e. The van der Waals surface area contributed by atoms with Crippen LogP contribution >= 0.6 is 11.6 Å². The van der Waals surface area contributed by atoms with Crippen molar-refractivity contribution in [2.24, 2.45) is 0 Å². The zero-order chi connectivity index (χ0) is 15.4. The zero-order valence-electron chi connectivity index (χ0n) is 12.1. The summed E-state index contributed by atoms with van der Waals surface area (Å²) in [4.78, 5) is 16.0. The lowest BCUT2D eigenvalue weighted by Crippen LogP contribution is -2.03. The summed E-state index contributed by atoms with van der Waals surface area (Å²) in [7, 11) is 0. The highest BCUT2D eigenvalue weighted by Gasteiger charge is 2.22. The minimum absolute atomic E-state index is 0.0272. The van der Waals surface area contributed by atoms with Crippen molar-refractivity contribution < 1.29 is 4.79 Å². The maximum Gasteiger partial charge on any atom is 0.228 e. The molecule has 0 aliphatic carbocycles. The molecule has 1 amide bonds. The first-order valence-corrected chi connectivity index (χ1v) is 7.36. The normalized spacial score (nSPS) is 13.5. The Kier molecular flexibility index (Phi) is 2.74. The third kappa shape index (κ3) is 1.89. The van der Waals surface area contributed by atoms with E-state index in [2.05, 4.69) is 15.4 Å². The third-order valence-corrected chi connectivity index (χ3v) is 4.16. The molecule has 1 aliphatic rings. The van der Waals surface area contributed by atoms with E-state index in [9.17, 15) is 4.79 Å². The van der Waals surface area contributed by atoms with Gasteiger partial charge in [-0.25, -0.2) is 9.50 Å². The second-order valence-corrected chi connectivity index (χ2v) is 5.92. The molecule has 1 aliphatic heterocycles. The number of pyridine rings is 1. The number of benzene rings is 1. The molecule has 110 valence electrons. The molecule has 0 spiro atoms. The molecule has 1 N–H and O–H groups in total. The summed E-state index contributed by atoms with van der Waals surface area (Å²) in [6.45, 7) is 3.89. The Bertz CT molecular complexity index is 945. The standard InChI is InChI=1S/C16H13ClN4O/c1-8-3-4-13-18-9(2)20-21(13)16(8)11-5-10-7-14(22)19-15(10)12(17)6-11/h3-6H,7H2,1-2H3,(H,19,22). The van der Waals surface area contributed by atoms with Gasteiger partial charge in [0, 0.05) is 5.56 Å². The number of fused-ring (bicyclic) bond motifs is 2. The van der Waals surface area contributed by atoms with Crippen LogP contribution < -0.4 is 5.32 Å². The lowest BCUT2D eigenvalue weighted by Gasteiger charge is -2.11. The van der Waals surface area contributed by atoms with Crippen molar-refractivity contribution in [3.05, 3.63) is 46.2 Å². The average Bonchev–Trinajstić information content (AvgIpc) is 3.00. The van der Waals surface area contributed by atoms with Gasteiger partial charge < -0.3 is 5.32 Å². The van der Waals surface area contributed by atoms with Gasteiger partial charge in [-0.05, 0) is 43.2 Å². The Labute approximate surface area is 131 Å². The van der Waals surface area contributed by atoms with E-state index in [1.807, 2.05) is 42.6 Å². The SMILES string of the molecule is Cc1nc2ccc(C)c(-c3cc(Cl)c4c(c3)CC(=O)N4)n2n1. The summed E-state index contributed by atoms with van der Waals surface area (Å²) in [5, 5.41) is 7.81. The van der Waals surface area contributed by atoms with Crippen LogP contribution in [0.5, 0.6) is 0 Å². The molecule has 0 saturated heterocycles. The van der Waals surface area contributed by atoms with E-state index >= 15 is 0 Å². The topological polar surface area (TPSA) is 59.3 Å². The van der Waals surface area contributed by atoms with Crippen molar-refractivity contribution in [2.75, 3.05) is 5.32 Å². The smallest absolute Gasteiger partial charge is 0.228 e. The molecule has 2 aromatic heterocycles. The van der Waals surface area contributed by atoms with Crippen LogP contribution in [0.15, 0.2) is 24.3 Å². The first-order valence-electron chi connectivity index (χ1n) is 6.98. The Morgan fingerprint density at radius 3 is 2.91 bits per heavy atom. The number of aromatic nitrogens is 3. The number of hydrogen-bond donors (Lipinski definition) is 1. The second kappa shape index (κ2) is 4.55. The van der Waals surface area contributed by atoms with Gasteiger partial charge in [0.2, 0.25) is 5.91 Å². The summed E-state index contributed by atoms with van der Waals surface area (Å²) in [6.07, 6.45) is 0.355. The molecule has 0 bridgehead atoms. The van der Waals surface area contributed by atoms with E-state index in [1.54, 1.807) is 0 Å². The molecule has 0 radical (unpaired) electrons. The molecule has 0 fully saturated rings. The first-order chi connectivity index (χ1) is 10.5. The van der Waals surface area contributed by atoms with Crippen LogP contribution in [0.1, 0.15) is 17.0 Å². The number of rotatable bonds is 1. The Hall–Kier alpha value is -2.40. The number of nitrogens with zero attached hydrogens (tertiary/aromatic N) is 3. The van der Waals surface area contributed by atoms with Crippen LogP contribution in [-0.4, -0.2) is 20.5 Å². The van der Waals surface area contributed by atoms with E-state index in [4.69, 9.17) is 11.6 Å². The predicted octanol–water partition coefficient (Wildman–Crippen LogP) is 3.16. The van der Waals surface area contributed by atoms with Gasteiger partial charge in [-0.2, -0.15) is 5.10 Å². The molecule has 6 heteroatoms. The van der Waals surface area contributed by atoms with Crippen LogP contribution in [0.2, 0.25) is 5.02 Å². The number of carbonyl (C=O) groups excluding carboxylic acids is 1. The van der Waals surface area contributed by atoms with E-state index in [1.165, 1.54) is 0 Å². The fourth-order valence-electron chi connectivity index (χ4n) is 2.94. The maximum absolute atomic E-state index is 11.6. The van der Waals surface area contributed by atoms with Gasteiger partial charge in [0.15, 0.2) is 5.65 Å². The van der Waals surface area contributed by atoms with Crippen molar-refractivity contribution in [1.29, 1.82) is 0 Å². The summed E-state index contributed by atoms with van der Waals surface area (Å²) in [5.74, 6) is 0.691. The number of carbonyl (C=O) groups is 1. The number of halogens is 1. The van der Waals surface area contributed by atoms with Crippen LogP contribution in [0, 0.1) is 13.8 Å². The predicted molar refractivity (Wildman–Crippen MR) is 85.2 cm³/mol. The van der Waals surface area contributed by atoms with Crippen LogP contribution in [0.25, 0.3) is 16.9 Å². The van der Waals surface area contributed by atoms with Gasteiger partial charge >= 0.3 is 0 Å². The Balaban J connectivity index is 2.00. The number of anilines is 1. The minimum atomic E-state index is -0.0272. The van der Waals surface area contributed by atoms with Crippen molar-refractivity contribution in [3.63, 3.8) is 0 Å². The molecule has 3 heterocycles. The fourth-order valence-corrected chi connectivity index (χ4v) is 3.22. The van der Waals surface area contributed by atoms with Crippen molar-refractivity contribution in [1.82, 2.24) is 14.6 Å². The second-order valence-electron chi connectivity index (χ2n) is 5.51. The Morgan fingerprint density at radius 2 is 2.09 bits per heavy atom. The van der Waals surface area contributed by atoms with Gasteiger partial charge in [0.25, 0.3) is 0 Å².